The number of pyridine rings is 1. The number of hydrogen-bond donors (Lipinski definition) is 1. The molecule has 2 heterocycles. The Balaban J connectivity index is 1.43. The Bertz CT molecular complexity index is 1090. The highest BCUT2D eigenvalue weighted by atomic mass is 79.9. The Morgan fingerprint density at radius 2 is 1.79 bits per heavy atom. The van der Waals surface area contributed by atoms with Crippen LogP contribution in [0.25, 0.3) is 21.8 Å². The van der Waals surface area contributed by atoms with E-state index < -0.39 is 0 Å². The normalized spacial score (nSPS) is 10.6. The molecule has 0 aliphatic rings. The Kier molecular flexibility index (Phi) is 5.60. The van der Waals surface area contributed by atoms with E-state index in [-0.39, 0.29) is 5.91 Å². The maximum atomic E-state index is 12.3. The lowest BCUT2D eigenvalue weighted by molar-refractivity contribution is -0.115. The maximum Gasteiger partial charge on any atom is 0.228 e. The number of thiazole rings is 1. The van der Waals surface area contributed by atoms with Crippen molar-refractivity contribution in [1.82, 2.24) is 9.97 Å². The molecule has 0 unspecified atom stereocenters. The number of carbonyl (C=O) groups excluding carboxylic acids is 1. The van der Waals surface area contributed by atoms with Crippen LogP contribution in [0.2, 0.25) is 0 Å². The van der Waals surface area contributed by atoms with Gasteiger partial charge in [0, 0.05) is 39.1 Å². The predicted molar refractivity (Wildman–Crippen MR) is 117 cm³/mol. The van der Waals surface area contributed by atoms with Gasteiger partial charge >= 0.3 is 0 Å². The highest BCUT2D eigenvalue weighted by molar-refractivity contribution is 9.10. The molecular formula is C22H16BrN3OS. The number of rotatable bonds is 5. The number of nitrogens with one attached hydrogen (secondary N) is 1. The third-order valence-corrected chi connectivity index (χ3v) is 5.54. The zero-order valence-corrected chi connectivity index (χ0v) is 17.2. The molecule has 138 valence electrons. The van der Waals surface area contributed by atoms with E-state index >= 15 is 0 Å². The second kappa shape index (κ2) is 8.46. The molecule has 0 aliphatic carbocycles. The van der Waals surface area contributed by atoms with E-state index in [9.17, 15) is 4.79 Å². The summed E-state index contributed by atoms with van der Waals surface area (Å²) in [6.45, 7) is 0. The molecule has 1 amide bonds. The van der Waals surface area contributed by atoms with Crippen molar-refractivity contribution in [2.75, 3.05) is 5.32 Å². The first kappa shape index (κ1) is 18.5. The van der Waals surface area contributed by atoms with Crippen LogP contribution in [-0.4, -0.2) is 15.9 Å². The Morgan fingerprint density at radius 1 is 1.00 bits per heavy atom. The first-order valence-electron chi connectivity index (χ1n) is 8.68. The van der Waals surface area contributed by atoms with Crippen molar-refractivity contribution in [3.63, 3.8) is 0 Å². The van der Waals surface area contributed by atoms with E-state index in [1.54, 1.807) is 23.7 Å². The lowest BCUT2D eigenvalue weighted by atomic mass is 10.1. The fourth-order valence-corrected chi connectivity index (χ4v) is 4.02. The van der Waals surface area contributed by atoms with Crippen molar-refractivity contribution in [2.24, 2.45) is 0 Å². The Hall–Kier alpha value is -2.83. The standard InChI is InChI=1S/C22H16BrN3OS/c23-18-2-1-3-19(13-18)25-21(27)12-15-4-6-16(7-5-15)20-14-28-22(26-20)17-8-10-24-11-9-17/h1-11,13-14H,12H2,(H,25,27). The first-order chi connectivity index (χ1) is 13.7. The molecule has 0 aliphatic heterocycles. The van der Waals surface area contributed by atoms with E-state index in [2.05, 4.69) is 26.2 Å². The number of amides is 1. The number of halogens is 1. The van der Waals surface area contributed by atoms with Crippen LogP contribution >= 0.6 is 27.3 Å². The first-order valence-corrected chi connectivity index (χ1v) is 10.4. The van der Waals surface area contributed by atoms with Gasteiger partial charge in [-0.05, 0) is 35.9 Å². The van der Waals surface area contributed by atoms with Gasteiger partial charge in [0.1, 0.15) is 5.01 Å². The monoisotopic (exact) mass is 449 g/mol. The maximum absolute atomic E-state index is 12.3. The van der Waals surface area contributed by atoms with Crippen LogP contribution < -0.4 is 5.32 Å². The van der Waals surface area contributed by atoms with Crippen LogP contribution in [0.4, 0.5) is 5.69 Å². The van der Waals surface area contributed by atoms with E-state index in [4.69, 9.17) is 4.98 Å². The highest BCUT2D eigenvalue weighted by Gasteiger charge is 2.08. The predicted octanol–water partition coefficient (Wildman–Crippen LogP) is 5.82. The van der Waals surface area contributed by atoms with Crippen LogP contribution in [0.5, 0.6) is 0 Å². The minimum Gasteiger partial charge on any atom is -0.326 e. The minimum atomic E-state index is -0.0421. The van der Waals surface area contributed by atoms with Gasteiger partial charge in [-0.25, -0.2) is 4.98 Å². The van der Waals surface area contributed by atoms with E-state index in [1.165, 1.54) is 0 Å². The molecule has 4 aromatic rings. The summed E-state index contributed by atoms with van der Waals surface area (Å²) in [5.74, 6) is -0.0421. The van der Waals surface area contributed by atoms with Crippen molar-refractivity contribution < 1.29 is 4.79 Å². The molecule has 0 bridgehead atoms. The quantitative estimate of drug-likeness (QED) is 0.417. The van der Waals surface area contributed by atoms with Gasteiger partial charge in [-0.15, -0.1) is 11.3 Å². The van der Waals surface area contributed by atoms with Crippen LogP contribution in [0, 0.1) is 0 Å². The third kappa shape index (κ3) is 4.52. The van der Waals surface area contributed by atoms with Gasteiger partial charge in [-0.1, -0.05) is 46.3 Å². The van der Waals surface area contributed by atoms with Crippen molar-refractivity contribution in [3.8, 4) is 21.8 Å². The molecule has 2 aromatic carbocycles. The van der Waals surface area contributed by atoms with Gasteiger partial charge in [0.15, 0.2) is 0 Å². The molecule has 0 spiro atoms. The zero-order valence-electron chi connectivity index (χ0n) is 14.8. The molecule has 0 atom stereocenters. The van der Waals surface area contributed by atoms with E-state index in [0.29, 0.717) is 6.42 Å². The summed E-state index contributed by atoms with van der Waals surface area (Å²) in [5.41, 5.74) is 4.77. The van der Waals surface area contributed by atoms with Crippen molar-refractivity contribution in [2.45, 2.75) is 6.42 Å². The van der Waals surface area contributed by atoms with E-state index in [0.717, 1.165) is 37.6 Å². The van der Waals surface area contributed by atoms with Gasteiger partial charge in [0.25, 0.3) is 0 Å². The van der Waals surface area contributed by atoms with Crippen molar-refractivity contribution in [3.05, 3.63) is 88.5 Å². The van der Waals surface area contributed by atoms with Gasteiger partial charge in [-0.2, -0.15) is 0 Å². The molecule has 0 fully saturated rings. The third-order valence-electron chi connectivity index (χ3n) is 4.15. The van der Waals surface area contributed by atoms with Crippen LogP contribution in [0.15, 0.2) is 82.9 Å². The summed E-state index contributed by atoms with van der Waals surface area (Å²) in [4.78, 5) is 21.0. The highest BCUT2D eigenvalue weighted by Crippen LogP contribution is 2.28. The molecule has 28 heavy (non-hydrogen) atoms. The minimum absolute atomic E-state index is 0.0421. The molecule has 0 saturated heterocycles. The van der Waals surface area contributed by atoms with Gasteiger partial charge < -0.3 is 5.32 Å². The molecular weight excluding hydrogens is 434 g/mol. The topological polar surface area (TPSA) is 54.9 Å². The second-order valence-electron chi connectivity index (χ2n) is 6.21. The van der Waals surface area contributed by atoms with Gasteiger partial charge in [0.2, 0.25) is 5.91 Å². The summed E-state index contributed by atoms with van der Waals surface area (Å²) in [6.07, 6.45) is 3.86. The zero-order chi connectivity index (χ0) is 19.3. The van der Waals surface area contributed by atoms with Crippen LogP contribution in [0.1, 0.15) is 5.56 Å². The molecule has 0 saturated carbocycles. The number of carbonyl (C=O) groups is 1. The number of aromatic nitrogens is 2. The number of nitrogens with zero attached hydrogens (tertiary/aromatic N) is 2. The van der Waals surface area contributed by atoms with Crippen LogP contribution in [0.3, 0.4) is 0 Å². The summed E-state index contributed by atoms with van der Waals surface area (Å²) in [6, 6.07) is 19.4. The molecule has 2 aromatic heterocycles. The summed E-state index contributed by atoms with van der Waals surface area (Å²) in [5, 5.41) is 5.93. The lowest BCUT2D eigenvalue weighted by Gasteiger charge is -2.06. The van der Waals surface area contributed by atoms with Crippen molar-refractivity contribution in [1.29, 1.82) is 0 Å². The van der Waals surface area contributed by atoms with Crippen molar-refractivity contribution >= 4 is 38.9 Å². The van der Waals surface area contributed by atoms with E-state index in [1.807, 2.05) is 66.0 Å². The Morgan fingerprint density at radius 3 is 2.54 bits per heavy atom. The summed E-state index contributed by atoms with van der Waals surface area (Å²) in [7, 11) is 0. The average molecular weight is 450 g/mol. The molecule has 4 nitrogen and oxygen atoms in total. The number of anilines is 1. The molecule has 6 heteroatoms. The second-order valence-corrected chi connectivity index (χ2v) is 7.98. The molecule has 1 N–H and O–H groups in total. The Labute approximate surface area is 175 Å². The SMILES string of the molecule is O=C(Cc1ccc(-c2csc(-c3ccncc3)n2)cc1)Nc1cccc(Br)c1. The largest absolute Gasteiger partial charge is 0.326 e. The molecule has 0 radical (unpaired) electrons. The van der Waals surface area contributed by atoms with Gasteiger partial charge in [-0.3, -0.25) is 9.78 Å². The lowest BCUT2D eigenvalue weighted by Crippen LogP contribution is -2.14. The summed E-state index contributed by atoms with van der Waals surface area (Å²) < 4.78 is 0.934. The number of hydrogen-bond acceptors (Lipinski definition) is 4. The fraction of sp³-hybridized carbons (Fsp3) is 0.0455. The summed E-state index contributed by atoms with van der Waals surface area (Å²) >= 11 is 5.01. The number of benzene rings is 2. The van der Waals surface area contributed by atoms with Gasteiger partial charge in [0.05, 0.1) is 12.1 Å². The fourth-order valence-electron chi connectivity index (χ4n) is 2.78. The smallest absolute Gasteiger partial charge is 0.228 e. The van der Waals surface area contributed by atoms with Crippen LogP contribution in [-0.2, 0) is 11.2 Å². The molecule has 4 rings (SSSR count). The average Bonchev–Trinajstić information content (AvgIpc) is 3.19.